The van der Waals surface area contributed by atoms with E-state index in [1.165, 1.54) is 12.0 Å². The molecule has 6 heteroatoms. The van der Waals surface area contributed by atoms with Crippen LogP contribution in [-0.2, 0) is 34.3 Å². The number of esters is 2. The summed E-state index contributed by atoms with van der Waals surface area (Å²) < 4.78 is 24.6. The Hall–Kier alpha value is -2.96. The normalized spacial score (nSPS) is 24.6. The zero-order chi connectivity index (χ0) is 32.8. The molecule has 0 N–H and O–H groups in total. The number of benzene rings is 2. The molecule has 0 bridgehead atoms. The van der Waals surface area contributed by atoms with Crippen LogP contribution < -0.4 is 0 Å². The fraction of sp³-hybridized carbons (Fsp3) is 0.600. The molecule has 252 valence electrons. The highest BCUT2D eigenvalue weighted by Gasteiger charge is 2.57. The lowest BCUT2D eigenvalue weighted by Crippen LogP contribution is -2.40. The van der Waals surface area contributed by atoms with Crippen molar-refractivity contribution in [1.82, 2.24) is 0 Å². The summed E-state index contributed by atoms with van der Waals surface area (Å²) in [6, 6.07) is 20.6. The molecule has 3 atom stereocenters. The quantitative estimate of drug-likeness (QED) is 0.0926. The summed E-state index contributed by atoms with van der Waals surface area (Å²) in [6.07, 6.45) is 12.3. The van der Waals surface area contributed by atoms with Gasteiger partial charge in [-0.2, -0.15) is 0 Å². The van der Waals surface area contributed by atoms with Crippen molar-refractivity contribution < 1.29 is 28.5 Å². The van der Waals surface area contributed by atoms with Gasteiger partial charge in [0.25, 0.3) is 0 Å². The first-order valence-corrected chi connectivity index (χ1v) is 17.8. The Morgan fingerprint density at radius 2 is 1.33 bits per heavy atom. The summed E-state index contributed by atoms with van der Waals surface area (Å²) >= 11 is 0. The molecule has 46 heavy (non-hydrogen) atoms. The maximum atomic E-state index is 13.5. The molecule has 0 spiro atoms. The molecule has 1 aliphatic carbocycles. The Morgan fingerprint density at radius 1 is 0.804 bits per heavy atom. The number of rotatable bonds is 18. The van der Waals surface area contributed by atoms with Gasteiger partial charge in [-0.1, -0.05) is 120 Å². The first-order valence-electron chi connectivity index (χ1n) is 17.8. The van der Waals surface area contributed by atoms with Crippen LogP contribution in [0.2, 0.25) is 0 Å². The molecule has 2 aromatic carbocycles. The maximum Gasteiger partial charge on any atom is 0.338 e. The number of ether oxygens (including phenoxy) is 4. The molecule has 0 amide bonds. The molecule has 1 unspecified atom stereocenters. The number of hydrogen-bond acceptors (Lipinski definition) is 6. The number of hydrogen-bond donors (Lipinski definition) is 0. The van der Waals surface area contributed by atoms with Crippen LogP contribution in [0.15, 0.2) is 73.3 Å². The summed E-state index contributed by atoms with van der Waals surface area (Å²) in [7, 11) is 0. The number of unbranched alkanes of at least 4 members (excludes halogenated alkanes) is 4. The SMILES string of the molecule is C=CC(CC1(c2ccccc2)O[C@@H](C(=O)OCCCC)[C@H](C(=O)OCCCC)O1)C1(CCCCC)CCC(c2ccccc2)CC1. The zero-order valence-electron chi connectivity index (χ0n) is 28.4. The largest absolute Gasteiger partial charge is 0.464 e. The van der Waals surface area contributed by atoms with Gasteiger partial charge in [0.1, 0.15) is 0 Å². The van der Waals surface area contributed by atoms with Gasteiger partial charge in [0, 0.05) is 12.0 Å². The molecule has 1 aliphatic heterocycles. The van der Waals surface area contributed by atoms with Gasteiger partial charge in [-0.25, -0.2) is 9.59 Å². The van der Waals surface area contributed by atoms with Crippen LogP contribution in [0.5, 0.6) is 0 Å². The summed E-state index contributed by atoms with van der Waals surface area (Å²) in [6.45, 7) is 11.2. The second-order valence-corrected chi connectivity index (χ2v) is 13.3. The lowest BCUT2D eigenvalue weighted by atomic mass is 9.59. The maximum absolute atomic E-state index is 13.5. The van der Waals surface area contributed by atoms with Crippen molar-refractivity contribution in [2.75, 3.05) is 13.2 Å². The standard InChI is InChI=1S/C40H56O6/c1-5-9-18-25-39(26-23-32(24-27-39)31-19-14-12-15-20-31)33(8-4)30-40(34-21-16-13-17-22-34)45-35(37(41)43-28-10-6-2)36(46-40)38(42)44-29-11-7-3/h8,12-17,19-22,32-33,35-36H,4-7,9-11,18,23-30H2,1-3H3/t32?,33?,35-,36-,39?/m1/s1. The Morgan fingerprint density at radius 3 is 1.83 bits per heavy atom. The molecule has 1 saturated carbocycles. The molecule has 2 aromatic rings. The third-order valence-electron chi connectivity index (χ3n) is 10.2. The van der Waals surface area contributed by atoms with Gasteiger partial charge in [-0.3, -0.25) is 0 Å². The monoisotopic (exact) mass is 632 g/mol. The number of allylic oxidation sites excluding steroid dienone is 1. The van der Waals surface area contributed by atoms with Crippen LogP contribution >= 0.6 is 0 Å². The highest BCUT2D eigenvalue weighted by atomic mass is 16.8. The van der Waals surface area contributed by atoms with E-state index in [-0.39, 0.29) is 24.5 Å². The van der Waals surface area contributed by atoms with Crippen molar-refractivity contribution >= 4 is 11.9 Å². The Kier molecular flexibility index (Phi) is 13.9. The van der Waals surface area contributed by atoms with Crippen LogP contribution in [0.4, 0.5) is 0 Å². The molecular weight excluding hydrogens is 576 g/mol. The van der Waals surface area contributed by atoms with E-state index in [0.29, 0.717) is 12.3 Å². The van der Waals surface area contributed by atoms with Crippen LogP contribution in [-0.4, -0.2) is 37.4 Å². The molecule has 6 nitrogen and oxygen atoms in total. The molecule has 2 fully saturated rings. The van der Waals surface area contributed by atoms with Gasteiger partial charge in [0.2, 0.25) is 0 Å². The summed E-state index contributed by atoms with van der Waals surface area (Å²) in [5.41, 5.74) is 2.20. The fourth-order valence-electron chi connectivity index (χ4n) is 7.37. The van der Waals surface area contributed by atoms with Crippen LogP contribution in [0.1, 0.15) is 121 Å². The van der Waals surface area contributed by atoms with Gasteiger partial charge >= 0.3 is 11.9 Å². The summed E-state index contributed by atoms with van der Waals surface area (Å²) in [4.78, 5) is 27.0. The van der Waals surface area contributed by atoms with E-state index in [2.05, 4.69) is 49.9 Å². The van der Waals surface area contributed by atoms with Crippen LogP contribution in [0.25, 0.3) is 0 Å². The third kappa shape index (κ3) is 8.89. The van der Waals surface area contributed by atoms with E-state index in [9.17, 15) is 9.59 Å². The number of carbonyl (C=O) groups is 2. The molecule has 2 aliphatic rings. The van der Waals surface area contributed by atoms with Crippen LogP contribution in [0, 0.1) is 11.3 Å². The minimum Gasteiger partial charge on any atom is -0.464 e. The van der Waals surface area contributed by atoms with Gasteiger partial charge in [0.05, 0.1) is 13.2 Å². The van der Waals surface area contributed by atoms with Gasteiger partial charge < -0.3 is 18.9 Å². The van der Waals surface area contributed by atoms with E-state index in [1.807, 2.05) is 44.2 Å². The van der Waals surface area contributed by atoms with E-state index in [0.717, 1.165) is 76.2 Å². The lowest BCUT2D eigenvalue weighted by molar-refractivity contribution is -0.209. The second-order valence-electron chi connectivity index (χ2n) is 13.3. The minimum absolute atomic E-state index is 0.00749. The first-order chi connectivity index (χ1) is 22.4. The molecular formula is C40H56O6. The van der Waals surface area contributed by atoms with Crippen molar-refractivity contribution in [2.24, 2.45) is 11.3 Å². The Labute approximate surface area is 277 Å². The second kappa shape index (κ2) is 17.8. The molecule has 4 rings (SSSR count). The highest BCUT2D eigenvalue weighted by Crippen LogP contribution is 2.55. The van der Waals surface area contributed by atoms with Gasteiger partial charge in [-0.15, -0.1) is 6.58 Å². The number of carbonyl (C=O) groups excluding carboxylic acids is 2. The van der Waals surface area contributed by atoms with Crippen molar-refractivity contribution in [3.63, 3.8) is 0 Å². The Balaban J connectivity index is 1.67. The summed E-state index contributed by atoms with van der Waals surface area (Å²) in [5, 5.41) is 0. The predicted molar refractivity (Wildman–Crippen MR) is 182 cm³/mol. The molecule has 1 heterocycles. The van der Waals surface area contributed by atoms with Crippen molar-refractivity contribution in [3.8, 4) is 0 Å². The zero-order valence-corrected chi connectivity index (χ0v) is 28.4. The topological polar surface area (TPSA) is 71.1 Å². The van der Waals surface area contributed by atoms with Gasteiger partial charge in [0.15, 0.2) is 18.0 Å². The third-order valence-corrected chi connectivity index (χ3v) is 10.2. The summed E-state index contributed by atoms with van der Waals surface area (Å²) in [5.74, 6) is -1.93. The molecule has 0 aromatic heterocycles. The first kappa shape index (κ1) is 35.9. The van der Waals surface area contributed by atoms with E-state index < -0.39 is 29.9 Å². The van der Waals surface area contributed by atoms with E-state index in [4.69, 9.17) is 18.9 Å². The van der Waals surface area contributed by atoms with Gasteiger partial charge in [-0.05, 0) is 67.8 Å². The average Bonchev–Trinajstić information content (AvgIpc) is 3.50. The van der Waals surface area contributed by atoms with Crippen LogP contribution in [0.3, 0.4) is 0 Å². The van der Waals surface area contributed by atoms with Crippen molar-refractivity contribution in [2.45, 2.75) is 128 Å². The van der Waals surface area contributed by atoms with Crippen molar-refractivity contribution in [3.05, 3.63) is 84.4 Å². The minimum atomic E-state index is -1.34. The fourth-order valence-corrected chi connectivity index (χ4v) is 7.37. The lowest BCUT2D eigenvalue weighted by Gasteiger charge is -2.47. The van der Waals surface area contributed by atoms with Crippen molar-refractivity contribution in [1.29, 1.82) is 0 Å². The van der Waals surface area contributed by atoms with E-state index in [1.54, 1.807) is 0 Å². The molecule has 0 radical (unpaired) electrons. The smallest absolute Gasteiger partial charge is 0.338 e. The molecule has 1 saturated heterocycles. The van der Waals surface area contributed by atoms with E-state index >= 15 is 0 Å². The highest BCUT2D eigenvalue weighted by molar-refractivity contribution is 5.86. The Bertz CT molecular complexity index is 1170. The predicted octanol–water partition coefficient (Wildman–Crippen LogP) is 9.43. The average molecular weight is 633 g/mol.